The van der Waals surface area contributed by atoms with Crippen molar-refractivity contribution in [3.63, 3.8) is 0 Å². The van der Waals surface area contributed by atoms with E-state index in [2.05, 4.69) is 66.9 Å². The van der Waals surface area contributed by atoms with Crippen molar-refractivity contribution in [2.24, 2.45) is 0 Å². The third-order valence-electron chi connectivity index (χ3n) is 4.68. The van der Waals surface area contributed by atoms with Crippen molar-refractivity contribution in [2.75, 3.05) is 0 Å². The molecule has 0 spiro atoms. The zero-order valence-corrected chi connectivity index (χ0v) is 22.3. The van der Waals surface area contributed by atoms with Crippen LogP contribution in [0.4, 0.5) is 0 Å². The highest BCUT2D eigenvalue weighted by atomic mass is 127. The Balaban J connectivity index is 1.49. The zero-order chi connectivity index (χ0) is 24.1. The van der Waals surface area contributed by atoms with Crippen LogP contribution in [0.5, 0.6) is 0 Å². The van der Waals surface area contributed by atoms with Crippen LogP contribution < -0.4 is 21.7 Å². The van der Waals surface area contributed by atoms with E-state index in [0.29, 0.717) is 36.8 Å². The molecule has 4 N–H and O–H groups in total. The molecule has 0 aromatic heterocycles. The van der Waals surface area contributed by atoms with Gasteiger partial charge in [-0.15, -0.1) is 0 Å². The third-order valence-corrected chi connectivity index (χ3v) is 6.56. The highest BCUT2D eigenvalue weighted by Crippen LogP contribution is 2.12. The molecule has 0 atom stereocenters. The molecular formula is C23H26I2N4O4. The highest BCUT2D eigenvalue weighted by molar-refractivity contribution is 14.1. The van der Waals surface area contributed by atoms with Crippen molar-refractivity contribution >= 4 is 68.8 Å². The molecule has 0 heterocycles. The fourth-order valence-electron chi connectivity index (χ4n) is 2.90. The first kappa shape index (κ1) is 27.0. The molecule has 10 heteroatoms. The molecule has 0 aliphatic carbocycles. The Morgan fingerprint density at radius 3 is 1.30 bits per heavy atom. The summed E-state index contributed by atoms with van der Waals surface area (Å²) in [6, 6.07) is 14.3. The molecule has 33 heavy (non-hydrogen) atoms. The molecular weight excluding hydrogens is 650 g/mol. The second-order valence-corrected chi connectivity index (χ2v) is 9.56. The molecule has 2 aromatic rings. The van der Waals surface area contributed by atoms with Crippen LogP contribution in [-0.4, -0.2) is 23.6 Å². The Bertz CT molecular complexity index is 907. The maximum Gasteiger partial charge on any atom is 0.270 e. The van der Waals surface area contributed by atoms with Crippen LogP contribution in [0.15, 0.2) is 48.5 Å². The Labute approximate surface area is 220 Å². The molecule has 0 saturated carbocycles. The number of carbonyl (C=O) groups excluding carboxylic acids is 4. The Morgan fingerprint density at radius 1 is 0.545 bits per heavy atom. The van der Waals surface area contributed by atoms with Crippen molar-refractivity contribution < 1.29 is 19.2 Å². The lowest BCUT2D eigenvalue weighted by atomic mass is 10.1. The van der Waals surface area contributed by atoms with Gasteiger partial charge in [-0.3, -0.25) is 40.9 Å². The van der Waals surface area contributed by atoms with Gasteiger partial charge in [0.25, 0.3) is 11.8 Å². The molecule has 2 rings (SSSR count). The number of hydrogen-bond donors (Lipinski definition) is 4. The van der Waals surface area contributed by atoms with E-state index in [9.17, 15) is 19.2 Å². The molecule has 0 unspecified atom stereocenters. The van der Waals surface area contributed by atoms with Gasteiger partial charge < -0.3 is 0 Å². The van der Waals surface area contributed by atoms with Crippen molar-refractivity contribution in [1.82, 2.24) is 21.7 Å². The van der Waals surface area contributed by atoms with Gasteiger partial charge in [0.15, 0.2) is 0 Å². The number of halogens is 2. The highest BCUT2D eigenvalue weighted by Gasteiger charge is 2.11. The van der Waals surface area contributed by atoms with Gasteiger partial charge >= 0.3 is 0 Å². The number of nitrogens with one attached hydrogen (secondary N) is 4. The van der Waals surface area contributed by atoms with E-state index in [-0.39, 0.29) is 23.6 Å². The number of rotatable bonds is 10. The van der Waals surface area contributed by atoms with Crippen molar-refractivity contribution in [3.05, 3.63) is 66.8 Å². The molecule has 0 radical (unpaired) electrons. The van der Waals surface area contributed by atoms with Gasteiger partial charge in [0.05, 0.1) is 11.1 Å². The van der Waals surface area contributed by atoms with Crippen LogP contribution >= 0.6 is 45.2 Å². The fraction of sp³-hybridized carbons (Fsp3) is 0.304. The van der Waals surface area contributed by atoms with E-state index in [1.165, 1.54) is 0 Å². The SMILES string of the molecule is O=C(CCCCCCCC(=O)NNC(=O)c1ccccc1I)NNC(=O)c1ccccc1I. The summed E-state index contributed by atoms with van der Waals surface area (Å²) in [4.78, 5) is 47.9. The molecule has 0 bridgehead atoms. The lowest BCUT2D eigenvalue weighted by Crippen LogP contribution is -2.41. The second-order valence-electron chi connectivity index (χ2n) is 7.23. The Morgan fingerprint density at radius 2 is 0.909 bits per heavy atom. The first-order chi connectivity index (χ1) is 15.9. The van der Waals surface area contributed by atoms with Gasteiger partial charge in [-0.05, 0) is 82.3 Å². The number of carbonyl (C=O) groups is 4. The monoisotopic (exact) mass is 676 g/mol. The molecule has 4 amide bonds. The summed E-state index contributed by atoms with van der Waals surface area (Å²) in [6.07, 6.45) is 4.62. The van der Waals surface area contributed by atoms with Crippen LogP contribution in [0.2, 0.25) is 0 Å². The minimum Gasteiger partial charge on any atom is -0.273 e. The summed E-state index contributed by atoms with van der Waals surface area (Å²) in [6.45, 7) is 0. The minimum absolute atomic E-state index is 0.238. The lowest BCUT2D eigenvalue weighted by Gasteiger charge is -2.09. The normalized spacial score (nSPS) is 10.2. The van der Waals surface area contributed by atoms with Gasteiger partial charge in [0.1, 0.15) is 0 Å². The Hall–Kier alpha value is -2.22. The van der Waals surface area contributed by atoms with Crippen molar-refractivity contribution in [3.8, 4) is 0 Å². The molecule has 176 valence electrons. The third kappa shape index (κ3) is 10.1. The number of hydrogen-bond acceptors (Lipinski definition) is 4. The zero-order valence-electron chi connectivity index (χ0n) is 18.0. The molecule has 2 aromatic carbocycles. The van der Waals surface area contributed by atoms with Gasteiger partial charge in [-0.2, -0.15) is 0 Å². The van der Waals surface area contributed by atoms with Crippen LogP contribution in [0, 0.1) is 7.14 Å². The topological polar surface area (TPSA) is 116 Å². The quantitative estimate of drug-likeness (QED) is 0.174. The minimum atomic E-state index is -0.346. The van der Waals surface area contributed by atoms with Crippen molar-refractivity contribution in [1.29, 1.82) is 0 Å². The average molecular weight is 676 g/mol. The summed E-state index contributed by atoms with van der Waals surface area (Å²) < 4.78 is 1.62. The number of hydrazine groups is 2. The van der Waals surface area contributed by atoms with Gasteiger partial charge in [0, 0.05) is 20.0 Å². The Kier molecular flexibility index (Phi) is 12.1. The molecule has 0 aliphatic heterocycles. The van der Waals surface area contributed by atoms with Crippen LogP contribution in [0.1, 0.15) is 65.7 Å². The summed E-state index contributed by atoms with van der Waals surface area (Å²) in [5.41, 5.74) is 10.7. The fourth-order valence-corrected chi connectivity index (χ4v) is 4.17. The summed E-state index contributed by atoms with van der Waals surface area (Å²) >= 11 is 4.14. The van der Waals surface area contributed by atoms with E-state index < -0.39 is 0 Å². The first-order valence-electron chi connectivity index (χ1n) is 10.6. The smallest absolute Gasteiger partial charge is 0.270 e. The summed E-state index contributed by atoms with van der Waals surface area (Å²) in [7, 11) is 0. The average Bonchev–Trinajstić information content (AvgIpc) is 2.81. The lowest BCUT2D eigenvalue weighted by molar-refractivity contribution is -0.122. The first-order valence-corrected chi connectivity index (χ1v) is 12.7. The van der Waals surface area contributed by atoms with Gasteiger partial charge in [-0.1, -0.05) is 43.5 Å². The second kappa shape index (κ2) is 14.8. The van der Waals surface area contributed by atoms with Crippen LogP contribution in [0.25, 0.3) is 0 Å². The van der Waals surface area contributed by atoms with E-state index in [1.807, 2.05) is 24.3 Å². The van der Waals surface area contributed by atoms with E-state index in [0.717, 1.165) is 26.4 Å². The van der Waals surface area contributed by atoms with Crippen molar-refractivity contribution in [2.45, 2.75) is 44.9 Å². The number of benzene rings is 2. The molecule has 8 nitrogen and oxygen atoms in total. The predicted molar refractivity (Wildman–Crippen MR) is 142 cm³/mol. The molecule has 0 fully saturated rings. The maximum atomic E-state index is 12.1. The van der Waals surface area contributed by atoms with E-state index >= 15 is 0 Å². The number of amides is 4. The summed E-state index contributed by atoms with van der Waals surface area (Å²) in [5.74, 6) is -1.17. The van der Waals surface area contributed by atoms with Crippen LogP contribution in [0.3, 0.4) is 0 Å². The van der Waals surface area contributed by atoms with E-state index in [1.54, 1.807) is 24.3 Å². The van der Waals surface area contributed by atoms with Gasteiger partial charge in [-0.25, -0.2) is 0 Å². The maximum absolute atomic E-state index is 12.1. The van der Waals surface area contributed by atoms with Crippen LogP contribution in [-0.2, 0) is 9.59 Å². The summed E-state index contributed by atoms with van der Waals surface area (Å²) in [5, 5.41) is 0. The standard InChI is InChI=1S/C23H26I2N4O4/c24-18-12-8-6-10-16(18)22(32)28-26-20(30)14-4-2-1-3-5-15-21(31)27-29-23(33)17-11-7-9-13-19(17)25/h6-13H,1-5,14-15H2,(H,26,30)(H,27,31)(H,28,32)(H,29,33). The molecule has 0 saturated heterocycles. The largest absolute Gasteiger partial charge is 0.273 e. The number of unbranched alkanes of at least 4 members (excludes halogenated alkanes) is 4. The van der Waals surface area contributed by atoms with Gasteiger partial charge in [0.2, 0.25) is 11.8 Å². The van der Waals surface area contributed by atoms with E-state index in [4.69, 9.17) is 0 Å². The molecule has 0 aliphatic rings. The predicted octanol–water partition coefficient (Wildman–Crippen LogP) is 3.85.